The van der Waals surface area contributed by atoms with E-state index in [1.54, 1.807) is 19.2 Å². The maximum absolute atomic E-state index is 12.3. The zero-order valence-electron chi connectivity index (χ0n) is 15.5. The molecular formula is C19H19N5O5. The highest BCUT2D eigenvalue weighted by atomic mass is 16.5. The van der Waals surface area contributed by atoms with Crippen molar-refractivity contribution in [1.82, 2.24) is 19.5 Å². The Balaban J connectivity index is 1.87. The van der Waals surface area contributed by atoms with Crippen LogP contribution in [0, 0.1) is 11.8 Å². The summed E-state index contributed by atoms with van der Waals surface area (Å²) < 4.78 is 12.5. The minimum absolute atomic E-state index is 0.0501. The Kier molecular flexibility index (Phi) is 4.94. The Morgan fingerprint density at radius 3 is 2.90 bits per heavy atom. The molecule has 0 unspecified atom stereocenters. The first-order valence-electron chi connectivity index (χ1n) is 8.89. The van der Waals surface area contributed by atoms with Crippen LogP contribution in [0.3, 0.4) is 0 Å². The number of nitrogens with two attached hydrogens (primary N) is 1. The quantitative estimate of drug-likeness (QED) is 0.442. The molecule has 3 aromatic rings. The number of benzene rings is 1. The number of ether oxygens (including phenoxy) is 2. The predicted molar refractivity (Wildman–Crippen MR) is 103 cm³/mol. The van der Waals surface area contributed by atoms with Gasteiger partial charge in [-0.15, -0.1) is 0 Å². The number of hydrogen-bond donors (Lipinski definition) is 4. The Bertz CT molecular complexity index is 1180. The molecule has 0 bridgehead atoms. The maximum Gasteiger partial charge on any atom is 0.280 e. The molecule has 150 valence electrons. The smallest absolute Gasteiger partial charge is 0.280 e. The van der Waals surface area contributed by atoms with Gasteiger partial charge in [0.2, 0.25) is 5.95 Å². The second kappa shape index (κ2) is 7.56. The topological polar surface area (TPSA) is 149 Å². The monoisotopic (exact) mass is 397 g/mol. The van der Waals surface area contributed by atoms with Crippen LogP contribution in [0.15, 0.2) is 29.1 Å². The van der Waals surface area contributed by atoms with Crippen LogP contribution in [0.2, 0.25) is 0 Å². The molecule has 0 spiro atoms. The van der Waals surface area contributed by atoms with Crippen molar-refractivity contribution >= 4 is 17.1 Å². The molecule has 3 heterocycles. The number of hydrogen-bond acceptors (Lipinski definition) is 8. The largest absolute Gasteiger partial charge is 0.495 e. The van der Waals surface area contributed by atoms with Crippen LogP contribution in [0.1, 0.15) is 24.0 Å². The van der Waals surface area contributed by atoms with Crippen molar-refractivity contribution in [3.05, 3.63) is 46.0 Å². The number of rotatable bonds is 3. The van der Waals surface area contributed by atoms with Crippen LogP contribution < -0.4 is 16.0 Å². The molecule has 1 aliphatic rings. The molecule has 1 aliphatic heterocycles. The molecule has 2 aromatic heterocycles. The van der Waals surface area contributed by atoms with Gasteiger partial charge in [-0.1, -0.05) is 18.1 Å². The van der Waals surface area contributed by atoms with Gasteiger partial charge in [0, 0.05) is 6.42 Å². The van der Waals surface area contributed by atoms with E-state index in [-0.39, 0.29) is 36.0 Å². The first kappa shape index (κ1) is 18.9. The molecule has 10 nitrogen and oxygen atoms in total. The third-order valence-corrected chi connectivity index (χ3v) is 4.66. The number of fused-ring (bicyclic) bond motifs is 1. The van der Waals surface area contributed by atoms with Crippen molar-refractivity contribution in [3.8, 4) is 17.6 Å². The lowest BCUT2D eigenvalue weighted by atomic mass is 10.2. The lowest BCUT2D eigenvalue weighted by Crippen LogP contribution is -2.24. The van der Waals surface area contributed by atoms with E-state index in [2.05, 4.69) is 26.8 Å². The number of nitrogens with one attached hydrogen (secondary N) is 1. The van der Waals surface area contributed by atoms with Crippen LogP contribution in [0.4, 0.5) is 5.95 Å². The van der Waals surface area contributed by atoms with Crippen LogP contribution in [-0.2, 0) is 4.74 Å². The van der Waals surface area contributed by atoms with Crippen molar-refractivity contribution in [2.75, 3.05) is 19.5 Å². The number of H-pyrrole nitrogens is 1. The van der Waals surface area contributed by atoms with Gasteiger partial charge in [-0.3, -0.25) is 14.3 Å². The van der Waals surface area contributed by atoms with E-state index in [0.29, 0.717) is 11.3 Å². The normalized spacial score (nSPS) is 21.1. The van der Waals surface area contributed by atoms with E-state index in [9.17, 15) is 15.0 Å². The first-order chi connectivity index (χ1) is 14.0. The number of anilines is 1. The average Bonchev–Trinajstić information content (AvgIpc) is 3.26. The van der Waals surface area contributed by atoms with E-state index in [0.717, 1.165) is 0 Å². The lowest BCUT2D eigenvalue weighted by Gasteiger charge is -2.15. The van der Waals surface area contributed by atoms with Gasteiger partial charge in [-0.25, -0.2) is 4.98 Å². The highest BCUT2D eigenvalue weighted by Gasteiger charge is 2.36. The Labute approximate surface area is 164 Å². The molecule has 5 N–H and O–H groups in total. The summed E-state index contributed by atoms with van der Waals surface area (Å²) in [5.74, 6) is 6.64. The second-order valence-electron chi connectivity index (χ2n) is 6.49. The minimum atomic E-state index is -0.878. The van der Waals surface area contributed by atoms with Crippen molar-refractivity contribution in [2.45, 2.75) is 24.9 Å². The van der Waals surface area contributed by atoms with Crippen molar-refractivity contribution in [3.63, 3.8) is 0 Å². The van der Waals surface area contributed by atoms with Crippen LogP contribution in [-0.4, -0.2) is 55.7 Å². The number of methoxy groups -OCH3 is 1. The van der Waals surface area contributed by atoms with Gasteiger partial charge in [0.15, 0.2) is 17.0 Å². The fourth-order valence-electron chi connectivity index (χ4n) is 3.27. The number of aliphatic hydroxyl groups is 2. The second-order valence-corrected chi connectivity index (χ2v) is 6.49. The number of nitrogen functional groups attached to an aromatic ring is 1. The van der Waals surface area contributed by atoms with E-state index < -0.39 is 24.0 Å². The van der Waals surface area contributed by atoms with Gasteiger partial charge in [0.05, 0.1) is 25.4 Å². The molecular weight excluding hydrogens is 378 g/mol. The number of aliphatic hydroxyl groups excluding tert-OH is 2. The number of imidazole rings is 1. The summed E-state index contributed by atoms with van der Waals surface area (Å²) in [5.41, 5.74) is 6.06. The standard InChI is InChI=1S/C19H19N5O5/c1-28-12-5-3-2-4-10(12)6-7-14-21-16-17(22-19(20)23-18(16)27)24(14)15-8-11(26)13(9-25)29-15/h2-5,11,13,15,25-26H,8-9H2,1H3,(H3,20,22,23,27)/t11-,13+,15+/m0/s1. The van der Waals surface area contributed by atoms with Gasteiger partial charge >= 0.3 is 0 Å². The molecule has 4 rings (SSSR count). The summed E-state index contributed by atoms with van der Waals surface area (Å²) in [7, 11) is 1.55. The molecule has 29 heavy (non-hydrogen) atoms. The predicted octanol–water partition coefficient (Wildman–Crippen LogP) is -0.249. The Morgan fingerprint density at radius 1 is 1.38 bits per heavy atom. The minimum Gasteiger partial charge on any atom is -0.495 e. The molecule has 1 saturated heterocycles. The maximum atomic E-state index is 12.3. The van der Waals surface area contributed by atoms with E-state index in [1.807, 2.05) is 12.1 Å². The Hall–Kier alpha value is -3.39. The van der Waals surface area contributed by atoms with Gasteiger partial charge in [-0.2, -0.15) is 4.98 Å². The third-order valence-electron chi connectivity index (χ3n) is 4.66. The lowest BCUT2D eigenvalue weighted by molar-refractivity contribution is -0.0434. The first-order valence-corrected chi connectivity index (χ1v) is 8.89. The molecule has 10 heteroatoms. The van der Waals surface area contributed by atoms with Crippen LogP contribution in [0.25, 0.3) is 11.2 Å². The highest BCUT2D eigenvalue weighted by Crippen LogP contribution is 2.31. The van der Waals surface area contributed by atoms with E-state index in [1.165, 1.54) is 4.57 Å². The fourth-order valence-corrected chi connectivity index (χ4v) is 3.27. The van der Waals surface area contributed by atoms with Gasteiger partial charge in [-0.05, 0) is 18.1 Å². The number of para-hydroxylation sites is 1. The fraction of sp³-hybridized carbons (Fsp3) is 0.316. The van der Waals surface area contributed by atoms with Crippen molar-refractivity contribution < 1.29 is 19.7 Å². The summed E-state index contributed by atoms with van der Waals surface area (Å²) >= 11 is 0. The molecule has 0 saturated carbocycles. The summed E-state index contributed by atoms with van der Waals surface area (Å²) in [6, 6.07) is 7.22. The summed E-state index contributed by atoms with van der Waals surface area (Å²) in [6.07, 6.45) is -2.18. The highest BCUT2D eigenvalue weighted by molar-refractivity contribution is 5.73. The van der Waals surface area contributed by atoms with Crippen LogP contribution in [0.5, 0.6) is 5.75 Å². The molecule has 1 aromatic carbocycles. The third kappa shape index (κ3) is 3.42. The zero-order valence-corrected chi connectivity index (χ0v) is 15.5. The number of aromatic amines is 1. The van der Waals surface area contributed by atoms with Crippen LogP contribution >= 0.6 is 0 Å². The van der Waals surface area contributed by atoms with Gasteiger partial charge in [0.1, 0.15) is 18.1 Å². The Morgan fingerprint density at radius 2 is 2.17 bits per heavy atom. The van der Waals surface area contributed by atoms with Gasteiger partial charge < -0.3 is 25.4 Å². The van der Waals surface area contributed by atoms with E-state index >= 15 is 0 Å². The summed E-state index contributed by atoms with van der Waals surface area (Å²) in [5, 5.41) is 19.5. The van der Waals surface area contributed by atoms with Crippen molar-refractivity contribution in [1.29, 1.82) is 0 Å². The van der Waals surface area contributed by atoms with Gasteiger partial charge in [0.25, 0.3) is 5.56 Å². The number of aromatic nitrogens is 4. The molecule has 3 atom stereocenters. The zero-order chi connectivity index (χ0) is 20.5. The molecule has 0 radical (unpaired) electrons. The molecule has 0 amide bonds. The molecule has 0 aliphatic carbocycles. The summed E-state index contributed by atoms with van der Waals surface area (Å²) in [6.45, 7) is -0.345. The molecule has 1 fully saturated rings. The summed E-state index contributed by atoms with van der Waals surface area (Å²) in [4.78, 5) is 23.2. The number of nitrogens with zero attached hydrogens (tertiary/aromatic N) is 3. The SMILES string of the molecule is COc1ccccc1C#Cc1nc2c(=O)[nH]c(N)nc2n1[C@H]1C[C@H](O)[C@@H](CO)O1. The van der Waals surface area contributed by atoms with E-state index in [4.69, 9.17) is 15.2 Å². The van der Waals surface area contributed by atoms with Crippen molar-refractivity contribution in [2.24, 2.45) is 0 Å². The average molecular weight is 397 g/mol.